The number of nitrogens with one attached hydrogen (secondary N) is 3. The van der Waals surface area contributed by atoms with Crippen LogP contribution in [0.1, 0.15) is 16.7 Å². The third-order valence-electron chi connectivity index (χ3n) is 11.0. The third kappa shape index (κ3) is 9.41. The molecule has 0 unspecified atom stereocenters. The number of benzene rings is 9. The van der Waals surface area contributed by atoms with Gasteiger partial charge in [-0.15, -0.1) is 0 Å². The van der Waals surface area contributed by atoms with E-state index in [1.807, 2.05) is 0 Å². The first-order chi connectivity index (χ1) is 29.9. The van der Waals surface area contributed by atoms with E-state index in [2.05, 4.69) is 260 Å². The Kier molecular flexibility index (Phi) is 11.1. The number of rotatable bonds is 12. The SMILES string of the molecule is Cc1cccc(-c2ccc(Nc3ccc(N(c4ccc(Nc5ccc(-c6cccc(C)c6)cc5)cc4)c4ccc(Nc5ccc(-c6cccc(C)c6)cc5)cc4)cc3)cc2)c1. The summed E-state index contributed by atoms with van der Waals surface area (Å²) in [5.74, 6) is 0. The van der Waals surface area contributed by atoms with Crippen molar-refractivity contribution < 1.29 is 0 Å². The molecule has 0 aliphatic carbocycles. The number of hydrogen-bond acceptors (Lipinski definition) is 4. The lowest BCUT2D eigenvalue weighted by atomic mass is 10.0. The fourth-order valence-corrected chi connectivity index (χ4v) is 7.74. The fourth-order valence-electron chi connectivity index (χ4n) is 7.74. The average molecular weight is 789 g/mol. The van der Waals surface area contributed by atoms with E-state index in [1.165, 1.54) is 50.1 Å². The van der Waals surface area contributed by atoms with Gasteiger partial charge in [-0.2, -0.15) is 0 Å². The van der Waals surface area contributed by atoms with Crippen LogP contribution in [0.3, 0.4) is 0 Å². The summed E-state index contributed by atoms with van der Waals surface area (Å²) in [4.78, 5) is 2.29. The highest BCUT2D eigenvalue weighted by Crippen LogP contribution is 2.37. The molecule has 0 heterocycles. The molecule has 0 aromatic heterocycles. The van der Waals surface area contributed by atoms with Crippen molar-refractivity contribution in [3.05, 3.63) is 235 Å². The summed E-state index contributed by atoms with van der Waals surface area (Å²) >= 11 is 0. The quantitative estimate of drug-likeness (QED) is 0.115. The van der Waals surface area contributed by atoms with Crippen LogP contribution in [0, 0.1) is 20.8 Å². The zero-order valence-electron chi connectivity index (χ0n) is 34.7. The monoisotopic (exact) mass is 788 g/mol. The first-order valence-electron chi connectivity index (χ1n) is 20.8. The molecule has 3 N–H and O–H groups in total. The fraction of sp³-hybridized carbons (Fsp3) is 0.0526. The molecule has 0 atom stereocenters. The number of aryl methyl sites for hydroxylation is 3. The van der Waals surface area contributed by atoms with E-state index in [0.717, 1.165) is 51.2 Å². The molecule has 296 valence electrons. The van der Waals surface area contributed by atoms with Crippen LogP contribution in [0.4, 0.5) is 51.2 Å². The van der Waals surface area contributed by atoms with Crippen LogP contribution in [0.25, 0.3) is 33.4 Å². The summed E-state index contributed by atoms with van der Waals surface area (Å²) < 4.78 is 0. The van der Waals surface area contributed by atoms with E-state index in [1.54, 1.807) is 0 Å². The van der Waals surface area contributed by atoms with Gasteiger partial charge in [0.2, 0.25) is 0 Å². The molecule has 0 saturated carbocycles. The zero-order valence-corrected chi connectivity index (χ0v) is 34.7. The van der Waals surface area contributed by atoms with Crippen LogP contribution in [-0.4, -0.2) is 0 Å². The molecule has 4 heteroatoms. The first kappa shape index (κ1) is 38.7. The normalized spacial score (nSPS) is 10.9. The van der Waals surface area contributed by atoms with Crippen LogP contribution in [0.2, 0.25) is 0 Å². The van der Waals surface area contributed by atoms with Crippen LogP contribution in [0.5, 0.6) is 0 Å². The Labute approximate surface area is 359 Å². The molecular formula is C57H48N4. The van der Waals surface area contributed by atoms with Crippen molar-refractivity contribution in [2.45, 2.75) is 20.8 Å². The van der Waals surface area contributed by atoms with Crippen molar-refractivity contribution in [2.24, 2.45) is 0 Å². The summed E-state index contributed by atoms with van der Waals surface area (Å²) in [6.07, 6.45) is 0. The van der Waals surface area contributed by atoms with E-state index < -0.39 is 0 Å². The maximum atomic E-state index is 3.60. The lowest BCUT2D eigenvalue weighted by Gasteiger charge is -2.26. The van der Waals surface area contributed by atoms with Gasteiger partial charge in [0.05, 0.1) is 0 Å². The van der Waals surface area contributed by atoms with Crippen LogP contribution < -0.4 is 20.9 Å². The van der Waals surface area contributed by atoms with Crippen molar-refractivity contribution in [1.82, 2.24) is 0 Å². The highest BCUT2D eigenvalue weighted by atomic mass is 15.1. The van der Waals surface area contributed by atoms with E-state index >= 15 is 0 Å². The smallest absolute Gasteiger partial charge is 0.0463 e. The number of nitrogens with zero attached hydrogens (tertiary/aromatic N) is 1. The second kappa shape index (κ2) is 17.6. The van der Waals surface area contributed by atoms with Crippen molar-refractivity contribution in [2.75, 3.05) is 20.9 Å². The third-order valence-corrected chi connectivity index (χ3v) is 11.0. The van der Waals surface area contributed by atoms with Gasteiger partial charge in [0, 0.05) is 51.2 Å². The maximum Gasteiger partial charge on any atom is 0.0463 e. The van der Waals surface area contributed by atoms with Gasteiger partial charge in [-0.3, -0.25) is 0 Å². The summed E-state index contributed by atoms with van der Waals surface area (Å²) in [6, 6.07) is 77.6. The lowest BCUT2D eigenvalue weighted by molar-refractivity contribution is 1.28. The van der Waals surface area contributed by atoms with E-state index in [4.69, 9.17) is 0 Å². The topological polar surface area (TPSA) is 39.3 Å². The van der Waals surface area contributed by atoms with Crippen LogP contribution in [-0.2, 0) is 0 Å². The Morgan fingerprint density at radius 1 is 0.246 bits per heavy atom. The molecular weight excluding hydrogens is 741 g/mol. The zero-order chi connectivity index (χ0) is 41.5. The van der Waals surface area contributed by atoms with Gasteiger partial charge in [0.25, 0.3) is 0 Å². The standard InChI is InChI=1S/C57H48N4/c1-40-7-4-10-46(37-40)43-13-19-49(20-14-43)58-52-25-31-55(32-26-52)61(56-33-27-53(28-34-56)59-50-21-15-44(16-22-50)47-11-5-8-41(2)38-47)57-35-29-54(30-36-57)60-51-23-17-45(18-24-51)48-12-6-9-42(3)39-48/h4-39,58-60H,1-3H3. The molecule has 0 radical (unpaired) electrons. The molecule has 0 fully saturated rings. The van der Waals surface area contributed by atoms with E-state index in [0.29, 0.717) is 0 Å². The Hall–Kier alpha value is -7.82. The molecule has 0 aliphatic heterocycles. The molecule has 0 bridgehead atoms. The van der Waals surface area contributed by atoms with Gasteiger partial charge < -0.3 is 20.9 Å². The van der Waals surface area contributed by atoms with Crippen LogP contribution in [0.15, 0.2) is 218 Å². The molecule has 9 aromatic carbocycles. The predicted molar refractivity (Wildman–Crippen MR) is 261 cm³/mol. The van der Waals surface area contributed by atoms with Crippen molar-refractivity contribution in [3.8, 4) is 33.4 Å². The van der Waals surface area contributed by atoms with Crippen LogP contribution >= 0.6 is 0 Å². The predicted octanol–water partition coefficient (Wildman–Crippen LogP) is 16.3. The van der Waals surface area contributed by atoms with E-state index in [-0.39, 0.29) is 0 Å². The molecule has 61 heavy (non-hydrogen) atoms. The van der Waals surface area contributed by atoms with Gasteiger partial charge in [-0.05, 0) is 163 Å². The highest BCUT2D eigenvalue weighted by molar-refractivity contribution is 5.81. The van der Waals surface area contributed by atoms with Crippen molar-refractivity contribution in [3.63, 3.8) is 0 Å². The lowest BCUT2D eigenvalue weighted by Crippen LogP contribution is -2.10. The summed E-state index contributed by atoms with van der Waals surface area (Å²) in [7, 11) is 0. The van der Waals surface area contributed by atoms with Gasteiger partial charge in [0.1, 0.15) is 0 Å². The Morgan fingerprint density at radius 2 is 0.475 bits per heavy atom. The van der Waals surface area contributed by atoms with Gasteiger partial charge in [0.15, 0.2) is 0 Å². The van der Waals surface area contributed by atoms with Crippen molar-refractivity contribution in [1.29, 1.82) is 0 Å². The van der Waals surface area contributed by atoms with Gasteiger partial charge >= 0.3 is 0 Å². The Balaban J connectivity index is 0.943. The molecule has 4 nitrogen and oxygen atoms in total. The summed E-state index contributed by atoms with van der Waals surface area (Å²) in [6.45, 7) is 6.39. The minimum atomic E-state index is 1.02. The average Bonchev–Trinajstić information content (AvgIpc) is 3.29. The molecule has 9 rings (SSSR count). The second-order valence-electron chi connectivity index (χ2n) is 15.7. The first-order valence-corrected chi connectivity index (χ1v) is 20.8. The largest absolute Gasteiger partial charge is 0.356 e. The molecule has 9 aromatic rings. The summed E-state index contributed by atoms with van der Waals surface area (Å²) in [5.41, 5.74) is 20.4. The molecule has 0 saturated heterocycles. The molecule has 0 amide bonds. The van der Waals surface area contributed by atoms with Crippen molar-refractivity contribution >= 4 is 51.2 Å². The second-order valence-corrected chi connectivity index (χ2v) is 15.7. The number of hydrogen-bond donors (Lipinski definition) is 3. The van der Waals surface area contributed by atoms with E-state index in [9.17, 15) is 0 Å². The minimum absolute atomic E-state index is 1.02. The Morgan fingerprint density at radius 3 is 0.705 bits per heavy atom. The Bertz CT molecular complexity index is 2540. The molecule has 0 spiro atoms. The molecule has 0 aliphatic rings. The highest BCUT2D eigenvalue weighted by Gasteiger charge is 2.14. The minimum Gasteiger partial charge on any atom is -0.356 e. The number of anilines is 9. The maximum absolute atomic E-state index is 3.60. The van der Waals surface area contributed by atoms with Gasteiger partial charge in [-0.25, -0.2) is 0 Å². The summed E-state index contributed by atoms with van der Waals surface area (Å²) in [5, 5.41) is 10.8. The van der Waals surface area contributed by atoms with Gasteiger partial charge in [-0.1, -0.05) is 126 Å².